The van der Waals surface area contributed by atoms with Crippen molar-refractivity contribution >= 4 is 5.97 Å². The molecule has 4 heteroatoms. The Labute approximate surface area is 126 Å². The molecule has 21 heavy (non-hydrogen) atoms. The van der Waals surface area contributed by atoms with Gasteiger partial charge in [-0.25, -0.2) is 0 Å². The maximum Gasteiger partial charge on any atom is 0.306 e. The molecule has 0 atom stereocenters. The third-order valence-corrected chi connectivity index (χ3v) is 4.36. The fourth-order valence-corrected chi connectivity index (χ4v) is 3.24. The van der Waals surface area contributed by atoms with Crippen molar-refractivity contribution in [2.75, 3.05) is 13.6 Å². The van der Waals surface area contributed by atoms with E-state index in [0.29, 0.717) is 32.2 Å². The largest absolute Gasteiger partial charge is 0.481 e. The van der Waals surface area contributed by atoms with Crippen LogP contribution in [0.15, 0.2) is 24.3 Å². The molecule has 0 saturated heterocycles. The molecule has 2 N–H and O–H groups in total. The lowest BCUT2D eigenvalue weighted by atomic mass is 9.78. The second-order valence-electron chi connectivity index (χ2n) is 6.50. The Hall–Kier alpha value is -1.39. The van der Waals surface area contributed by atoms with Gasteiger partial charge in [0.05, 0.1) is 11.5 Å². The molecule has 4 nitrogen and oxygen atoms in total. The molecule has 0 heterocycles. The van der Waals surface area contributed by atoms with Crippen LogP contribution in [0.2, 0.25) is 0 Å². The SMILES string of the molecule is Cc1cccc(CN(C)CC2(O)CCC(C(=O)O)CC2)c1. The van der Waals surface area contributed by atoms with Crippen molar-refractivity contribution in [1.29, 1.82) is 0 Å². The van der Waals surface area contributed by atoms with Gasteiger partial charge in [0, 0.05) is 13.1 Å². The molecule has 0 radical (unpaired) electrons. The first-order valence-electron chi connectivity index (χ1n) is 7.57. The first kappa shape index (κ1) is 16.0. The minimum atomic E-state index is -0.746. The Morgan fingerprint density at radius 1 is 1.38 bits per heavy atom. The first-order valence-corrected chi connectivity index (χ1v) is 7.57. The molecule has 116 valence electrons. The summed E-state index contributed by atoms with van der Waals surface area (Å²) in [6.45, 7) is 3.46. The van der Waals surface area contributed by atoms with E-state index in [1.807, 2.05) is 13.1 Å². The smallest absolute Gasteiger partial charge is 0.306 e. The van der Waals surface area contributed by atoms with Gasteiger partial charge in [-0.3, -0.25) is 9.69 Å². The molecule has 0 spiro atoms. The van der Waals surface area contributed by atoms with Crippen molar-refractivity contribution < 1.29 is 15.0 Å². The van der Waals surface area contributed by atoms with Gasteiger partial charge in [-0.1, -0.05) is 29.8 Å². The number of aryl methyl sites for hydroxylation is 1. The number of aliphatic carboxylic acids is 1. The molecular formula is C17H25NO3. The van der Waals surface area contributed by atoms with Crippen LogP contribution in [0.5, 0.6) is 0 Å². The topological polar surface area (TPSA) is 60.8 Å². The molecule has 1 saturated carbocycles. The van der Waals surface area contributed by atoms with Gasteiger partial charge in [0.25, 0.3) is 0 Å². The van der Waals surface area contributed by atoms with Crippen molar-refractivity contribution in [2.45, 2.75) is 44.8 Å². The molecule has 0 aliphatic heterocycles. The fraction of sp³-hybridized carbons (Fsp3) is 0.588. The lowest BCUT2D eigenvalue weighted by Gasteiger charge is -2.37. The van der Waals surface area contributed by atoms with Gasteiger partial charge >= 0.3 is 5.97 Å². The van der Waals surface area contributed by atoms with Crippen LogP contribution in [0.1, 0.15) is 36.8 Å². The number of carboxylic acids is 1. The van der Waals surface area contributed by atoms with Crippen molar-refractivity contribution in [3.63, 3.8) is 0 Å². The van der Waals surface area contributed by atoms with Crippen molar-refractivity contribution in [1.82, 2.24) is 4.90 Å². The van der Waals surface area contributed by atoms with Gasteiger partial charge in [-0.15, -0.1) is 0 Å². The summed E-state index contributed by atoms with van der Waals surface area (Å²) in [6.07, 6.45) is 2.29. The summed E-state index contributed by atoms with van der Waals surface area (Å²) < 4.78 is 0. The Balaban J connectivity index is 1.87. The summed E-state index contributed by atoms with van der Waals surface area (Å²) >= 11 is 0. The molecule has 1 aliphatic carbocycles. The molecule has 0 bridgehead atoms. The van der Waals surface area contributed by atoms with Gasteiger partial charge in [0.15, 0.2) is 0 Å². The number of likely N-dealkylation sites (N-methyl/N-ethyl adjacent to an activating group) is 1. The van der Waals surface area contributed by atoms with Crippen LogP contribution in [0.4, 0.5) is 0 Å². The van der Waals surface area contributed by atoms with Gasteiger partial charge in [-0.2, -0.15) is 0 Å². The molecule has 1 aromatic carbocycles. The summed E-state index contributed by atoms with van der Waals surface area (Å²) in [5.41, 5.74) is 1.73. The first-order chi connectivity index (χ1) is 9.88. The highest BCUT2D eigenvalue weighted by molar-refractivity contribution is 5.70. The lowest BCUT2D eigenvalue weighted by molar-refractivity contribution is -0.145. The summed E-state index contributed by atoms with van der Waals surface area (Å²) in [4.78, 5) is 13.1. The summed E-state index contributed by atoms with van der Waals surface area (Å²) in [6, 6.07) is 8.37. The monoisotopic (exact) mass is 291 g/mol. The summed E-state index contributed by atoms with van der Waals surface area (Å²) in [5, 5.41) is 19.7. The van der Waals surface area contributed by atoms with E-state index in [2.05, 4.69) is 30.0 Å². The minimum absolute atomic E-state index is 0.285. The molecule has 1 fully saturated rings. The standard InChI is InChI=1S/C17H25NO3/c1-13-4-3-5-14(10-13)11-18(2)12-17(21)8-6-15(7-9-17)16(19)20/h3-5,10,15,21H,6-9,11-12H2,1-2H3,(H,19,20). The quantitative estimate of drug-likeness (QED) is 0.874. The molecular weight excluding hydrogens is 266 g/mol. The molecule has 1 aliphatic rings. The number of rotatable bonds is 5. The normalized spacial score (nSPS) is 26.0. The van der Waals surface area contributed by atoms with E-state index in [1.54, 1.807) is 0 Å². The van der Waals surface area contributed by atoms with Crippen LogP contribution in [0.25, 0.3) is 0 Å². The molecule has 0 amide bonds. The van der Waals surface area contributed by atoms with Gasteiger partial charge in [0.1, 0.15) is 0 Å². The Morgan fingerprint density at radius 3 is 2.62 bits per heavy atom. The van der Waals surface area contributed by atoms with Crippen LogP contribution in [0.3, 0.4) is 0 Å². The van der Waals surface area contributed by atoms with Crippen LogP contribution in [0, 0.1) is 12.8 Å². The van der Waals surface area contributed by atoms with E-state index in [-0.39, 0.29) is 5.92 Å². The second kappa shape index (κ2) is 6.58. The highest BCUT2D eigenvalue weighted by Crippen LogP contribution is 2.33. The van der Waals surface area contributed by atoms with E-state index in [0.717, 1.165) is 6.54 Å². The third-order valence-electron chi connectivity index (χ3n) is 4.36. The lowest BCUT2D eigenvalue weighted by Crippen LogP contribution is -2.44. The van der Waals surface area contributed by atoms with Gasteiger partial charge < -0.3 is 10.2 Å². The van der Waals surface area contributed by atoms with E-state index >= 15 is 0 Å². The molecule has 0 unspecified atom stereocenters. The van der Waals surface area contributed by atoms with Crippen molar-refractivity contribution in [3.8, 4) is 0 Å². The maximum absolute atomic E-state index is 11.0. The Kier molecular flexibility index (Phi) is 5.01. The Bertz CT molecular complexity index is 493. The zero-order valence-electron chi connectivity index (χ0n) is 12.9. The maximum atomic E-state index is 11.0. The predicted octanol–water partition coefficient (Wildman–Crippen LogP) is 2.43. The number of benzene rings is 1. The molecule has 2 rings (SSSR count). The van der Waals surface area contributed by atoms with Crippen LogP contribution >= 0.6 is 0 Å². The van der Waals surface area contributed by atoms with E-state index in [4.69, 9.17) is 5.11 Å². The van der Waals surface area contributed by atoms with E-state index in [1.165, 1.54) is 11.1 Å². The number of carbonyl (C=O) groups is 1. The van der Waals surface area contributed by atoms with E-state index in [9.17, 15) is 9.90 Å². The number of nitrogens with zero attached hydrogens (tertiary/aromatic N) is 1. The van der Waals surface area contributed by atoms with Crippen LogP contribution in [-0.2, 0) is 11.3 Å². The van der Waals surface area contributed by atoms with Crippen molar-refractivity contribution in [3.05, 3.63) is 35.4 Å². The van der Waals surface area contributed by atoms with Gasteiger partial charge in [-0.05, 0) is 45.2 Å². The van der Waals surface area contributed by atoms with E-state index < -0.39 is 11.6 Å². The fourth-order valence-electron chi connectivity index (χ4n) is 3.24. The predicted molar refractivity (Wildman–Crippen MR) is 82.1 cm³/mol. The minimum Gasteiger partial charge on any atom is -0.481 e. The number of carboxylic acid groups (broad SMARTS) is 1. The van der Waals surface area contributed by atoms with Crippen LogP contribution < -0.4 is 0 Å². The molecule has 1 aromatic rings. The average Bonchev–Trinajstić information content (AvgIpc) is 2.38. The number of hydrogen-bond acceptors (Lipinski definition) is 3. The highest BCUT2D eigenvalue weighted by Gasteiger charge is 2.36. The average molecular weight is 291 g/mol. The molecule has 0 aromatic heterocycles. The number of aliphatic hydroxyl groups is 1. The number of hydrogen-bond donors (Lipinski definition) is 2. The van der Waals surface area contributed by atoms with Crippen LogP contribution in [-0.4, -0.2) is 40.3 Å². The Morgan fingerprint density at radius 2 is 2.05 bits per heavy atom. The van der Waals surface area contributed by atoms with Crippen molar-refractivity contribution in [2.24, 2.45) is 5.92 Å². The second-order valence-corrected chi connectivity index (χ2v) is 6.50. The zero-order chi connectivity index (χ0) is 15.5. The summed E-state index contributed by atoms with van der Waals surface area (Å²) in [7, 11) is 2.00. The van der Waals surface area contributed by atoms with Gasteiger partial charge in [0.2, 0.25) is 0 Å². The highest BCUT2D eigenvalue weighted by atomic mass is 16.4. The summed E-state index contributed by atoms with van der Waals surface area (Å²) in [5.74, 6) is -1.02. The zero-order valence-corrected chi connectivity index (χ0v) is 12.9. The third kappa shape index (κ3) is 4.55.